The van der Waals surface area contributed by atoms with Crippen LogP contribution in [0.25, 0.3) is 10.9 Å². The number of pyridine rings is 1. The Morgan fingerprint density at radius 2 is 1.73 bits per heavy atom. The van der Waals surface area contributed by atoms with Gasteiger partial charge in [0.05, 0.1) is 17.2 Å². The van der Waals surface area contributed by atoms with E-state index in [4.69, 9.17) is 5.73 Å². The molecule has 10 heteroatoms. The van der Waals surface area contributed by atoms with Crippen molar-refractivity contribution in [3.05, 3.63) is 41.1 Å². The average molecular weight is 437 g/mol. The zero-order chi connectivity index (χ0) is 22.5. The number of halogens is 6. The largest absolute Gasteiger partial charge is 0.433 e. The third kappa shape index (κ3) is 6.05. The predicted molar refractivity (Wildman–Crippen MR) is 102 cm³/mol. The normalized spacial score (nSPS) is 13.9. The number of unbranched alkanes of at least 4 members (excludes halogenated alkanes) is 1. The number of nitrogens with two attached hydrogens (primary N) is 1. The highest BCUT2D eigenvalue weighted by Gasteiger charge is 2.38. The topological polar surface area (TPSA) is 62.4 Å². The minimum absolute atomic E-state index is 0.0212. The Hall–Kier alpha value is -1.91. The molecule has 30 heavy (non-hydrogen) atoms. The van der Waals surface area contributed by atoms with Gasteiger partial charge in [-0.15, -0.1) is 0 Å². The van der Waals surface area contributed by atoms with E-state index in [1.165, 1.54) is 6.07 Å². The van der Waals surface area contributed by atoms with Crippen LogP contribution in [-0.2, 0) is 12.4 Å². The van der Waals surface area contributed by atoms with Crippen molar-refractivity contribution in [2.75, 3.05) is 26.2 Å². The Balaban J connectivity index is 2.55. The molecule has 1 atom stereocenters. The van der Waals surface area contributed by atoms with Gasteiger partial charge in [0.25, 0.3) is 0 Å². The molecule has 1 aromatic carbocycles. The fourth-order valence-corrected chi connectivity index (χ4v) is 3.26. The Bertz CT molecular complexity index is 830. The van der Waals surface area contributed by atoms with Gasteiger partial charge < -0.3 is 15.7 Å². The van der Waals surface area contributed by atoms with Crippen LogP contribution in [0, 0.1) is 0 Å². The van der Waals surface area contributed by atoms with Crippen molar-refractivity contribution in [3.8, 4) is 0 Å². The fraction of sp³-hybridized carbons (Fsp3) is 0.550. The summed E-state index contributed by atoms with van der Waals surface area (Å²) in [4.78, 5) is 5.10. The first-order chi connectivity index (χ1) is 14.0. The van der Waals surface area contributed by atoms with Crippen LogP contribution >= 0.6 is 0 Å². The number of aromatic nitrogens is 1. The minimum Gasteiger partial charge on any atom is -0.387 e. The number of alkyl halides is 6. The number of hydrogen-bond donors (Lipinski definition) is 2. The van der Waals surface area contributed by atoms with Crippen LogP contribution in [0.4, 0.5) is 26.3 Å². The van der Waals surface area contributed by atoms with Crippen molar-refractivity contribution in [2.45, 2.75) is 44.6 Å². The van der Waals surface area contributed by atoms with Gasteiger partial charge in [0.2, 0.25) is 0 Å². The summed E-state index contributed by atoms with van der Waals surface area (Å²) in [6.45, 7) is 3.48. The van der Waals surface area contributed by atoms with E-state index in [0.717, 1.165) is 18.9 Å². The second-order valence-corrected chi connectivity index (χ2v) is 7.11. The molecule has 0 saturated heterocycles. The molecular weight excluding hydrogens is 412 g/mol. The molecule has 168 valence electrons. The Morgan fingerprint density at radius 1 is 1.07 bits per heavy atom. The van der Waals surface area contributed by atoms with Crippen molar-refractivity contribution >= 4 is 10.9 Å². The highest BCUT2D eigenvalue weighted by Crippen LogP contribution is 2.39. The number of nitrogens with zero attached hydrogens (tertiary/aromatic N) is 2. The SMILES string of the molecule is CCCCN(CCCN)CC(O)c1cc(C(F)(F)F)nc2c(C(F)(F)F)cccc12. The summed E-state index contributed by atoms with van der Waals surface area (Å²) in [7, 11) is 0. The zero-order valence-electron chi connectivity index (χ0n) is 16.5. The van der Waals surface area contributed by atoms with Crippen LogP contribution in [0.5, 0.6) is 0 Å². The maximum Gasteiger partial charge on any atom is 0.433 e. The summed E-state index contributed by atoms with van der Waals surface area (Å²) in [5, 5.41) is 10.6. The van der Waals surface area contributed by atoms with Gasteiger partial charge in [-0.3, -0.25) is 0 Å². The highest BCUT2D eigenvalue weighted by atomic mass is 19.4. The van der Waals surface area contributed by atoms with Gasteiger partial charge in [0, 0.05) is 11.9 Å². The second-order valence-electron chi connectivity index (χ2n) is 7.11. The molecule has 0 aliphatic rings. The zero-order valence-corrected chi connectivity index (χ0v) is 16.5. The third-order valence-electron chi connectivity index (χ3n) is 4.76. The monoisotopic (exact) mass is 437 g/mol. The van der Waals surface area contributed by atoms with E-state index < -0.39 is 35.2 Å². The van der Waals surface area contributed by atoms with E-state index in [9.17, 15) is 31.4 Å². The third-order valence-corrected chi connectivity index (χ3v) is 4.76. The molecular formula is C20H25F6N3O. The van der Waals surface area contributed by atoms with Gasteiger partial charge in [0.1, 0.15) is 5.69 Å². The van der Waals surface area contributed by atoms with Crippen LogP contribution < -0.4 is 5.73 Å². The minimum atomic E-state index is -4.96. The van der Waals surface area contributed by atoms with Crippen molar-refractivity contribution < 1.29 is 31.4 Å². The smallest absolute Gasteiger partial charge is 0.387 e. The summed E-state index contributed by atoms with van der Waals surface area (Å²) in [6.07, 6.45) is -8.95. The highest BCUT2D eigenvalue weighted by molar-refractivity contribution is 5.86. The maximum absolute atomic E-state index is 13.4. The van der Waals surface area contributed by atoms with Crippen molar-refractivity contribution in [1.29, 1.82) is 0 Å². The Morgan fingerprint density at radius 3 is 2.30 bits per heavy atom. The quantitative estimate of drug-likeness (QED) is 0.556. The first-order valence-electron chi connectivity index (χ1n) is 9.67. The molecule has 0 aliphatic heterocycles. The molecule has 0 fully saturated rings. The molecule has 1 heterocycles. The standard InChI is InChI=1S/C20H25F6N3O/c1-2-3-9-29(10-5-8-27)12-16(30)14-11-17(20(24,25)26)28-18-13(14)6-4-7-15(18)19(21,22)23/h4,6-7,11,16,30H,2-3,5,8-10,12,27H2,1H3. The molecule has 4 nitrogen and oxygen atoms in total. The van der Waals surface area contributed by atoms with E-state index in [-0.39, 0.29) is 17.5 Å². The van der Waals surface area contributed by atoms with E-state index in [1.807, 2.05) is 11.8 Å². The van der Waals surface area contributed by atoms with Crippen LogP contribution in [-0.4, -0.2) is 41.2 Å². The fourth-order valence-electron chi connectivity index (χ4n) is 3.26. The van der Waals surface area contributed by atoms with Crippen LogP contribution in [0.1, 0.15) is 49.1 Å². The number of aliphatic hydroxyl groups is 1. The van der Waals surface area contributed by atoms with Crippen LogP contribution in [0.2, 0.25) is 0 Å². The molecule has 3 N–H and O–H groups in total. The summed E-state index contributed by atoms with van der Waals surface area (Å²) in [6, 6.07) is 3.65. The number of para-hydroxylation sites is 1. The lowest BCUT2D eigenvalue weighted by Crippen LogP contribution is -2.32. The van der Waals surface area contributed by atoms with Gasteiger partial charge in [0.15, 0.2) is 0 Å². The van der Waals surface area contributed by atoms with Crippen LogP contribution in [0.3, 0.4) is 0 Å². The van der Waals surface area contributed by atoms with Crippen molar-refractivity contribution in [3.63, 3.8) is 0 Å². The number of rotatable bonds is 9. The molecule has 0 radical (unpaired) electrons. The molecule has 0 saturated carbocycles. The second kappa shape index (κ2) is 9.93. The van der Waals surface area contributed by atoms with E-state index in [2.05, 4.69) is 4.98 Å². The van der Waals surface area contributed by atoms with Gasteiger partial charge in [-0.05, 0) is 50.2 Å². The summed E-state index contributed by atoms with van der Waals surface area (Å²) >= 11 is 0. The lowest BCUT2D eigenvalue weighted by Gasteiger charge is -2.26. The molecule has 0 spiro atoms. The number of fused-ring (bicyclic) bond motifs is 1. The summed E-state index contributed by atoms with van der Waals surface area (Å²) < 4.78 is 80.1. The molecule has 2 aromatic rings. The van der Waals surface area contributed by atoms with Gasteiger partial charge in [-0.25, -0.2) is 4.98 Å². The molecule has 0 aliphatic carbocycles. The lowest BCUT2D eigenvalue weighted by molar-refractivity contribution is -0.142. The first kappa shape index (κ1) is 24.4. The number of aliphatic hydroxyl groups excluding tert-OH is 1. The van der Waals surface area contributed by atoms with Gasteiger partial charge in [-0.2, -0.15) is 26.3 Å². The average Bonchev–Trinajstić information content (AvgIpc) is 2.67. The van der Waals surface area contributed by atoms with Gasteiger partial charge >= 0.3 is 12.4 Å². The van der Waals surface area contributed by atoms with E-state index in [1.54, 1.807) is 0 Å². The van der Waals surface area contributed by atoms with Crippen molar-refractivity contribution in [1.82, 2.24) is 9.88 Å². The molecule has 1 aromatic heterocycles. The summed E-state index contributed by atoms with van der Waals surface area (Å²) in [5.74, 6) is 0. The molecule has 0 bridgehead atoms. The first-order valence-corrected chi connectivity index (χ1v) is 9.67. The Kier molecular flexibility index (Phi) is 8.06. The van der Waals surface area contributed by atoms with Crippen molar-refractivity contribution in [2.24, 2.45) is 5.73 Å². The number of benzene rings is 1. The lowest BCUT2D eigenvalue weighted by atomic mass is 9.99. The summed E-state index contributed by atoms with van der Waals surface area (Å²) in [5.41, 5.74) is 1.72. The Labute approximate surface area is 170 Å². The predicted octanol–water partition coefficient (Wildman–Crippen LogP) is 4.76. The van der Waals surface area contributed by atoms with E-state index >= 15 is 0 Å². The van der Waals surface area contributed by atoms with Gasteiger partial charge in [-0.1, -0.05) is 25.5 Å². The molecule has 1 unspecified atom stereocenters. The van der Waals surface area contributed by atoms with Crippen LogP contribution in [0.15, 0.2) is 24.3 Å². The maximum atomic E-state index is 13.4. The molecule has 2 rings (SSSR count). The van der Waals surface area contributed by atoms with E-state index in [0.29, 0.717) is 38.2 Å². The number of hydrogen-bond acceptors (Lipinski definition) is 4. The molecule has 0 amide bonds.